The first kappa shape index (κ1) is 28.1. The highest BCUT2D eigenvalue weighted by Gasteiger charge is 2.19. The number of hydrogen-bond acceptors (Lipinski definition) is 10. The van der Waals surface area contributed by atoms with Crippen molar-refractivity contribution in [3.8, 4) is 5.75 Å². The van der Waals surface area contributed by atoms with Crippen molar-refractivity contribution in [2.24, 2.45) is 5.73 Å². The van der Waals surface area contributed by atoms with Crippen molar-refractivity contribution in [2.75, 3.05) is 22.9 Å². The van der Waals surface area contributed by atoms with Gasteiger partial charge in [-0.2, -0.15) is 8.42 Å². The molecule has 0 amide bonds. The van der Waals surface area contributed by atoms with E-state index in [1.807, 2.05) is 19.1 Å². The van der Waals surface area contributed by atoms with E-state index in [1.165, 1.54) is 12.1 Å². The predicted molar refractivity (Wildman–Crippen MR) is 150 cm³/mol. The van der Waals surface area contributed by atoms with Gasteiger partial charge in [-0.1, -0.05) is 12.7 Å². The highest BCUT2D eigenvalue weighted by atomic mass is 32.2. The molecule has 0 bridgehead atoms. The van der Waals surface area contributed by atoms with E-state index in [9.17, 15) is 13.5 Å². The third-order valence-electron chi connectivity index (χ3n) is 4.94. The van der Waals surface area contributed by atoms with Crippen LogP contribution in [0.4, 0.5) is 22.7 Å². The van der Waals surface area contributed by atoms with Crippen molar-refractivity contribution in [3.63, 3.8) is 0 Å². The van der Waals surface area contributed by atoms with Crippen molar-refractivity contribution in [3.05, 3.63) is 73.1 Å². The number of pyridine rings is 1. The number of rotatable bonds is 2. The molecule has 0 aliphatic rings. The van der Waals surface area contributed by atoms with Crippen LogP contribution in [0.25, 0.3) is 21.7 Å². The molecule has 1 heterocycles. The van der Waals surface area contributed by atoms with Gasteiger partial charge in [0.2, 0.25) is 0 Å². The van der Waals surface area contributed by atoms with Crippen LogP contribution in [0.1, 0.15) is 6.92 Å². The van der Waals surface area contributed by atoms with E-state index >= 15 is 0 Å². The number of nitrogens with two attached hydrogens (primary N) is 5. The number of thiol groups is 1. The summed E-state index contributed by atoms with van der Waals surface area (Å²) < 4.78 is 31.3. The van der Waals surface area contributed by atoms with Gasteiger partial charge in [0.25, 0.3) is 10.1 Å². The Hall–Kier alpha value is -4.13. The average molecular weight is 529 g/mol. The number of aromatic hydroxyl groups is 1. The van der Waals surface area contributed by atoms with Crippen molar-refractivity contribution in [1.29, 1.82) is 0 Å². The fraction of sp³-hybridized carbons (Fsp3) is 0.0417. The minimum absolute atomic E-state index is 0.287. The molecule has 0 saturated heterocycles. The number of anilines is 4. The summed E-state index contributed by atoms with van der Waals surface area (Å²) in [7, 11) is -4.51. The molecule has 4 aromatic rings. The summed E-state index contributed by atoms with van der Waals surface area (Å²) >= 11 is 4.09. The maximum Gasteiger partial charge on any atom is 0.296 e. The minimum Gasteiger partial charge on any atom is -0.505 e. The predicted octanol–water partition coefficient (Wildman–Crippen LogP) is 3.68. The van der Waals surface area contributed by atoms with Crippen molar-refractivity contribution >= 4 is 67.2 Å². The number of nitrogen functional groups attached to an aromatic ring is 4. The lowest BCUT2D eigenvalue weighted by atomic mass is 10.1. The molecule has 12 N–H and O–H groups in total. The van der Waals surface area contributed by atoms with E-state index in [1.54, 1.807) is 30.5 Å². The minimum atomic E-state index is -4.51. The Morgan fingerprint density at radius 2 is 1.67 bits per heavy atom. The molecule has 0 saturated carbocycles. The number of allylic oxidation sites excluding steroid dienone is 2. The summed E-state index contributed by atoms with van der Waals surface area (Å²) in [5.74, 6) is -0.444. The van der Waals surface area contributed by atoms with Gasteiger partial charge < -0.3 is 33.8 Å². The number of nitrogens with zero attached hydrogens (tertiary/aromatic N) is 1. The Kier molecular flexibility index (Phi) is 9.00. The maximum absolute atomic E-state index is 11.1. The van der Waals surface area contributed by atoms with Crippen LogP contribution in [-0.2, 0) is 10.1 Å². The standard InChI is InChI=1S/C10H10N2O4S2.C9H9N3.C5H9N/c11-6-3-5-4(1-7(6)17)2-8(18(14,15)16)9(12)10(5)13;10-7-3-4-8(11)9-6(7)2-1-5-12-9;1-3-5(6)4-2/h1-3,13,17H,11-12H2,(H,14,15,16);1-5H,10-11H2;3-4H,1,6H2,2H3/b;;5-4+. The zero-order chi connectivity index (χ0) is 27.2. The smallest absolute Gasteiger partial charge is 0.296 e. The quantitative estimate of drug-likeness (QED) is 0.0620. The van der Waals surface area contributed by atoms with Gasteiger partial charge in [-0.15, -0.1) is 12.6 Å². The van der Waals surface area contributed by atoms with Crippen molar-refractivity contribution in [2.45, 2.75) is 16.7 Å². The lowest BCUT2D eigenvalue weighted by Gasteiger charge is -2.10. The van der Waals surface area contributed by atoms with Crippen molar-refractivity contribution in [1.82, 2.24) is 4.98 Å². The highest BCUT2D eigenvalue weighted by molar-refractivity contribution is 7.86. The number of phenols is 1. The summed E-state index contributed by atoms with van der Waals surface area (Å²) in [6.45, 7) is 5.31. The first-order valence-corrected chi connectivity index (χ1v) is 12.1. The summed E-state index contributed by atoms with van der Waals surface area (Å²) in [6.07, 6.45) is 5.12. The Labute approximate surface area is 214 Å². The number of benzene rings is 3. The van der Waals surface area contributed by atoms with Gasteiger partial charge in [-0.25, -0.2) is 0 Å². The van der Waals surface area contributed by atoms with Crippen LogP contribution >= 0.6 is 12.6 Å². The Morgan fingerprint density at radius 3 is 2.19 bits per heavy atom. The molecule has 12 heteroatoms. The Morgan fingerprint density at radius 1 is 1.03 bits per heavy atom. The molecule has 0 unspecified atom stereocenters. The molecule has 3 aromatic carbocycles. The molecule has 4 rings (SSSR count). The third kappa shape index (κ3) is 6.50. The molecule has 0 radical (unpaired) electrons. The van der Waals surface area contributed by atoms with Crippen LogP contribution in [0.5, 0.6) is 5.75 Å². The van der Waals surface area contributed by atoms with Gasteiger partial charge in [0.05, 0.1) is 16.9 Å². The normalized spacial score (nSPS) is 11.2. The van der Waals surface area contributed by atoms with Crippen LogP contribution < -0.4 is 28.7 Å². The number of aromatic nitrogens is 1. The topological polar surface area (TPSA) is 218 Å². The number of phenolic OH excluding ortho intramolecular Hbond substituents is 1. The van der Waals surface area contributed by atoms with E-state index in [0.29, 0.717) is 27.3 Å². The fourth-order valence-electron chi connectivity index (χ4n) is 2.97. The highest BCUT2D eigenvalue weighted by Crippen LogP contribution is 2.38. The molecular formula is C24H28N6O4S2. The largest absolute Gasteiger partial charge is 0.505 e. The van der Waals surface area contributed by atoms with Crippen LogP contribution in [-0.4, -0.2) is 23.1 Å². The van der Waals surface area contributed by atoms with Crippen molar-refractivity contribution < 1.29 is 18.1 Å². The summed E-state index contributed by atoms with van der Waals surface area (Å²) in [4.78, 5) is 4.01. The van der Waals surface area contributed by atoms with E-state index in [4.69, 9.17) is 33.2 Å². The van der Waals surface area contributed by atoms with Crippen LogP contribution in [0, 0.1) is 0 Å². The lowest BCUT2D eigenvalue weighted by molar-refractivity contribution is 0.473. The number of fused-ring (bicyclic) bond motifs is 2. The summed E-state index contributed by atoms with van der Waals surface area (Å²) in [5.41, 5.74) is 30.5. The Balaban J connectivity index is 0.000000218. The summed E-state index contributed by atoms with van der Waals surface area (Å²) in [5, 5.41) is 11.4. The van der Waals surface area contributed by atoms with Gasteiger partial charge in [-0.3, -0.25) is 9.54 Å². The molecule has 190 valence electrons. The van der Waals surface area contributed by atoms with Gasteiger partial charge in [-0.05, 0) is 60.9 Å². The first-order valence-electron chi connectivity index (χ1n) is 10.3. The van der Waals surface area contributed by atoms with E-state index in [-0.39, 0.29) is 5.39 Å². The molecule has 0 spiro atoms. The molecule has 0 aliphatic heterocycles. The molecule has 0 atom stereocenters. The van der Waals surface area contributed by atoms with Gasteiger partial charge in [0, 0.05) is 38.9 Å². The Bertz CT molecular complexity index is 1530. The molecule has 36 heavy (non-hydrogen) atoms. The van der Waals surface area contributed by atoms with E-state index in [0.717, 1.165) is 22.7 Å². The van der Waals surface area contributed by atoms with Crippen LogP contribution in [0.3, 0.4) is 0 Å². The lowest BCUT2D eigenvalue weighted by Crippen LogP contribution is -2.03. The summed E-state index contributed by atoms with van der Waals surface area (Å²) in [6, 6.07) is 11.4. The van der Waals surface area contributed by atoms with Gasteiger partial charge in [0.1, 0.15) is 10.6 Å². The van der Waals surface area contributed by atoms with Gasteiger partial charge in [0.15, 0.2) is 0 Å². The molecule has 0 fully saturated rings. The first-order chi connectivity index (χ1) is 16.8. The average Bonchev–Trinajstić information content (AvgIpc) is 2.85. The maximum atomic E-state index is 11.1. The third-order valence-corrected chi connectivity index (χ3v) is 6.22. The zero-order valence-electron chi connectivity index (χ0n) is 19.4. The molecular weight excluding hydrogens is 500 g/mol. The number of hydrogen-bond donors (Lipinski definition) is 8. The van der Waals surface area contributed by atoms with Crippen LogP contribution in [0.15, 0.2) is 82.9 Å². The fourth-order valence-corrected chi connectivity index (χ4v) is 3.83. The van der Waals surface area contributed by atoms with E-state index in [2.05, 4.69) is 24.2 Å². The molecule has 10 nitrogen and oxygen atoms in total. The van der Waals surface area contributed by atoms with Gasteiger partial charge >= 0.3 is 0 Å². The van der Waals surface area contributed by atoms with E-state index < -0.39 is 26.5 Å². The molecule has 1 aromatic heterocycles. The second kappa shape index (κ2) is 11.5. The molecule has 0 aliphatic carbocycles. The van der Waals surface area contributed by atoms with Crippen LogP contribution in [0.2, 0.25) is 0 Å². The second-order valence-electron chi connectivity index (χ2n) is 7.38. The zero-order valence-corrected chi connectivity index (χ0v) is 21.1. The second-order valence-corrected chi connectivity index (χ2v) is 9.25. The monoisotopic (exact) mass is 528 g/mol. The SMILES string of the molecule is C=C/C(N)=C\C.Nc1cc2c(O)c(N)c(S(=O)(=O)O)cc2cc1S.Nc1ccc(N)c2ncccc12.